The molecule has 2 aromatic rings. The van der Waals surface area contributed by atoms with Gasteiger partial charge in [0.05, 0.1) is 0 Å². The van der Waals surface area contributed by atoms with Gasteiger partial charge in [-0.3, -0.25) is 4.79 Å². The minimum atomic E-state index is -0.905. The van der Waals surface area contributed by atoms with Gasteiger partial charge in [-0.05, 0) is 49.8 Å². The Bertz CT molecular complexity index is 813. The molecule has 0 spiro atoms. The van der Waals surface area contributed by atoms with E-state index < -0.39 is 12.0 Å². The van der Waals surface area contributed by atoms with Gasteiger partial charge in [-0.1, -0.05) is 12.8 Å². The van der Waals surface area contributed by atoms with E-state index in [2.05, 4.69) is 4.98 Å². The molecular formula is C18H21N3O3. The van der Waals surface area contributed by atoms with E-state index in [-0.39, 0.29) is 11.9 Å². The molecule has 1 saturated heterocycles. The quantitative estimate of drug-likeness (QED) is 0.919. The predicted molar refractivity (Wildman–Crippen MR) is 87.9 cm³/mol. The van der Waals surface area contributed by atoms with Crippen molar-refractivity contribution in [1.82, 2.24) is 14.3 Å². The third-order valence-corrected chi connectivity index (χ3v) is 5.44. The number of nitrogens with zero attached hydrogens (tertiary/aromatic N) is 3. The molecule has 1 aliphatic carbocycles. The summed E-state index contributed by atoms with van der Waals surface area (Å²) < 4.78 is 1.81. The Morgan fingerprint density at radius 3 is 2.88 bits per heavy atom. The fourth-order valence-corrected chi connectivity index (χ4v) is 4.29. The number of amides is 1. The topological polar surface area (TPSA) is 74.9 Å². The lowest BCUT2D eigenvalue weighted by Crippen LogP contribution is -2.46. The average molecular weight is 327 g/mol. The number of carboxylic acids is 1. The lowest BCUT2D eigenvalue weighted by Gasteiger charge is -2.32. The smallest absolute Gasteiger partial charge is 0.326 e. The number of hydrogen-bond acceptors (Lipinski definition) is 3. The predicted octanol–water partition coefficient (Wildman–Crippen LogP) is 2.50. The maximum atomic E-state index is 13.1. The highest BCUT2D eigenvalue weighted by atomic mass is 16.4. The summed E-state index contributed by atoms with van der Waals surface area (Å²) in [4.78, 5) is 30.8. The summed E-state index contributed by atoms with van der Waals surface area (Å²) in [5.74, 6) is -0.849. The second-order valence-electron chi connectivity index (χ2n) is 7.01. The number of hydrogen-bond donors (Lipinski definition) is 1. The van der Waals surface area contributed by atoms with E-state index in [1.54, 1.807) is 11.1 Å². The van der Waals surface area contributed by atoms with Crippen LogP contribution >= 0.6 is 0 Å². The van der Waals surface area contributed by atoms with E-state index in [1.807, 2.05) is 29.7 Å². The van der Waals surface area contributed by atoms with Crippen LogP contribution in [0.5, 0.6) is 0 Å². The summed E-state index contributed by atoms with van der Waals surface area (Å²) in [7, 11) is 0. The van der Waals surface area contributed by atoms with Crippen molar-refractivity contribution in [3.8, 4) is 0 Å². The van der Waals surface area contributed by atoms with Crippen molar-refractivity contribution in [2.24, 2.45) is 5.92 Å². The number of rotatable bonds is 2. The monoisotopic (exact) mass is 327 g/mol. The first-order valence-electron chi connectivity index (χ1n) is 8.55. The van der Waals surface area contributed by atoms with Crippen LogP contribution in [0.4, 0.5) is 0 Å². The molecular weight excluding hydrogens is 306 g/mol. The molecule has 1 amide bonds. The number of pyridine rings is 1. The molecule has 6 heteroatoms. The van der Waals surface area contributed by atoms with Crippen molar-refractivity contribution >= 4 is 17.5 Å². The molecule has 2 aromatic heterocycles. The maximum Gasteiger partial charge on any atom is 0.326 e. The number of fused-ring (bicyclic) bond motifs is 2. The van der Waals surface area contributed by atoms with Gasteiger partial charge in [-0.25, -0.2) is 9.78 Å². The third kappa shape index (κ3) is 2.37. The SMILES string of the molecule is Cc1ccn2cc(C(=O)N3C(C(=O)O)CC4CCCCC43)nc2c1. The number of carboxylic acid groups (broad SMARTS) is 1. The van der Waals surface area contributed by atoms with Crippen molar-refractivity contribution in [2.45, 2.75) is 51.1 Å². The van der Waals surface area contributed by atoms with Crippen molar-refractivity contribution in [3.05, 3.63) is 35.8 Å². The zero-order valence-electron chi connectivity index (χ0n) is 13.7. The Kier molecular flexibility index (Phi) is 3.55. The zero-order chi connectivity index (χ0) is 16.8. The van der Waals surface area contributed by atoms with Crippen molar-refractivity contribution < 1.29 is 14.7 Å². The third-order valence-electron chi connectivity index (χ3n) is 5.44. The molecule has 2 fully saturated rings. The first-order chi connectivity index (χ1) is 11.5. The number of imidazole rings is 1. The minimum Gasteiger partial charge on any atom is -0.480 e. The molecule has 2 aliphatic rings. The molecule has 3 unspecified atom stereocenters. The molecule has 1 saturated carbocycles. The Labute approximate surface area is 140 Å². The molecule has 4 rings (SSSR count). The summed E-state index contributed by atoms with van der Waals surface area (Å²) in [6.07, 6.45) is 8.24. The first kappa shape index (κ1) is 15.2. The second-order valence-corrected chi connectivity index (χ2v) is 7.01. The Morgan fingerprint density at radius 2 is 2.08 bits per heavy atom. The van der Waals surface area contributed by atoms with Gasteiger partial charge in [0.15, 0.2) is 0 Å². The molecule has 3 atom stereocenters. The standard InChI is InChI=1S/C18H21N3O3/c1-11-6-7-20-10-13(19-16(20)8-11)17(22)21-14-5-3-2-4-12(14)9-15(21)18(23)24/h6-8,10,12,14-15H,2-5,9H2,1H3,(H,23,24). The van der Waals surface area contributed by atoms with Crippen LogP contribution in [0, 0.1) is 12.8 Å². The van der Waals surface area contributed by atoms with Gasteiger partial charge in [-0.2, -0.15) is 0 Å². The van der Waals surface area contributed by atoms with Crippen LogP contribution in [0.2, 0.25) is 0 Å². The van der Waals surface area contributed by atoms with Crippen LogP contribution in [0.25, 0.3) is 5.65 Å². The number of likely N-dealkylation sites (tertiary alicyclic amines) is 1. The fourth-order valence-electron chi connectivity index (χ4n) is 4.29. The van der Waals surface area contributed by atoms with E-state index in [4.69, 9.17) is 0 Å². The Balaban J connectivity index is 1.70. The van der Waals surface area contributed by atoms with Crippen LogP contribution in [-0.4, -0.2) is 43.4 Å². The second kappa shape index (κ2) is 5.61. The average Bonchev–Trinajstić information content (AvgIpc) is 3.15. The normalized spacial score (nSPS) is 26.5. The number of aliphatic carboxylic acids is 1. The first-order valence-corrected chi connectivity index (χ1v) is 8.55. The van der Waals surface area contributed by atoms with Gasteiger partial charge in [0, 0.05) is 18.4 Å². The van der Waals surface area contributed by atoms with E-state index in [0.717, 1.165) is 31.2 Å². The molecule has 0 bridgehead atoms. The van der Waals surface area contributed by atoms with E-state index in [0.29, 0.717) is 23.7 Å². The highest BCUT2D eigenvalue weighted by Gasteiger charge is 2.48. The number of carbonyl (C=O) groups is 2. The van der Waals surface area contributed by atoms with Crippen molar-refractivity contribution in [1.29, 1.82) is 0 Å². The lowest BCUT2D eigenvalue weighted by molar-refractivity contribution is -0.141. The number of carbonyl (C=O) groups excluding carboxylic acids is 1. The van der Waals surface area contributed by atoms with Crippen LogP contribution in [0.15, 0.2) is 24.5 Å². The number of aromatic nitrogens is 2. The number of aryl methyl sites for hydroxylation is 1. The van der Waals surface area contributed by atoms with E-state index in [1.165, 1.54) is 0 Å². The van der Waals surface area contributed by atoms with Crippen LogP contribution in [-0.2, 0) is 4.79 Å². The molecule has 24 heavy (non-hydrogen) atoms. The van der Waals surface area contributed by atoms with E-state index >= 15 is 0 Å². The highest BCUT2D eigenvalue weighted by Crippen LogP contribution is 2.40. The Hall–Kier alpha value is -2.37. The summed E-state index contributed by atoms with van der Waals surface area (Å²) in [5, 5.41) is 9.58. The fraction of sp³-hybridized carbons (Fsp3) is 0.500. The van der Waals surface area contributed by atoms with Gasteiger partial charge >= 0.3 is 5.97 Å². The molecule has 1 aliphatic heterocycles. The zero-order valence-corrected chi connectivity index (χ0v) is 13.7. The summed E-state index contributed by atoms with van der Waals surface area (Å²) in [6.45, 7) is 1.98. The molecule has 0 aromatic carbocycles. The van der Waals surface area contributed by atoms with Crippen molar-refractivity contribution in [2.75, 3.05) is 0 Å². The molecule has 3 heterocycles. The van der Waals surface area contributed by atoms with Crippen LogP contribution in [0.1, 0.15) is 48.2 Å². The Morgan fingerprint density at radius 1 is 1.29 bits per heavy atom. The molecule has 126 valence electrons. The summed E-state index contributed by atoms with van der Waals surface area (Å²) in [6, 6.07) is 3.19. The van der Waals surface area contributed by atoms with Crippen LogP contribution < -0.4 is 0 Å². The molecule has 1 N–H and O–H groups in total. The van der Waals surface area contributed by atoms with Gasteiger partial charge in [0.25, 0.3) is 5.91 Å². The van der Waals surface area contributed by atoms with Crippen LogP contribution in [0.3, 0.4) is 0 Å². The van der Waals surface area contributed by atoms with Gasteiger partial charge in [-0.15, -0.1) is 0 Å². The van der Waals surface area contributed by atoms with E-state index in [9.17, 15) is 14.7 Å². The summed E-state index contributed by atoms with van der Waals surface area (Å²) >= 11 is 0. The maximum absolute atomic E-state index is 13.1. The lowest BCUT2D eigenvalue weighted by atomic mass is 9.84. The minimum absolute atomic E-state index is 0.0406. The van der Waals surface area contributed by atoms with Gasteiger partial charge in [0.2, 0.25) is 0 Å². The highest BCUT2D eigenvalue weighted by molar-refractivity contribution is 5.96. The largest absolute Gasteiger partial charge is 0.480 e. The van der Waals surface area contributed by atoms with Gasteiger partial charge in [0.1, 0.15) is 17.4 Å². The van der Waals surface area contributed by atoms with Gasteiger partial charge < -0.3 is 14.4 Å². The molecule has 0 radical (unpaired) electrons. The summed E-state index contributed by atoms with van der Waals surface area (Å²) in [5.41, 5.74) is 2.12. The molecule has 6 nitrogen and oxygen atoms in total. The van der Waals surface area contributed by atoms with Crippen molar-refractivity contribution in [3.63, 3.8) is 0 Å².